The van der Waals surface area contributed by atoms with Crippen molar-refractivity contribution in [2.24, 2.45) is 5.73 Å². The second-order valence-corrected chi connectivity index (χ2v) is 17.7. The molecule has 8 aromatic rings. The fourth-order valence-electron chi connectivity index (χ4n) is 7.64. The van der Waals surface area contributed by atoms with Gasteiger partial charge in [-0.15, -0.1) is 0 Å². The summed E-state index contributed by atoms with van der Waals surface area (Å²) in [6.07, 6.45) is 17.8. The molecule has 9 N–H and O–H groups in total. The summed E-state index contributed by atoms with van der Waals surface area (Å²) in [5.41, 5.74) is 18.9. The molecule has 1 aliphatic heterocycles. The Hall–Kier alpha value is -7.59. The zero-order valence-corrected chi connectivity index (χ0v) is 48.8. The maximum absolute atomic E-state index is 11.1. The van der Waals surface area contributed by atoms with Gasteiger partial charge in [-0.25, -0.2) is 29.6 Å². The number of nitrogens with two attached hydrogens (primary N) is 1. The van der Waals surface area contributed by atoms with E-state index in [1.807, 2.05) is 60.8 Å². The summed E-state index contributed by atoms with van der Waals surface area (Å²) in [6, 6.07) is 41.0. The van der Waals surface area contributed by atoms with Crippen molar-refractivity contribution in [3.63, 3.8) is 0 Å². The first kappa shape index (κ1) is 79.5. The molecule has 0 bridgehead atoms. The first-order valence-electron chi connectivity index (χ1n) is 26.0. The fraction of sp³-hybridized carbons (Fsp3) is 0.308. The van der Waals surface area contributed by atoms with Gasteiger partial charge in [0.25, 0.3) is 5.91 Å². The number of nitrogens with one attached hydrogen (secondary N) is 6. The summed E-state index contributed by atoms with van der Waals surface area (Å²) in [4.78, 5) is 68.6. The molecule has 1 saturated heterocycles. The van der Waals surface area contributed by atoms with Crippen molar-refractivity contribution in [3.05, 3.63) is 191 Å². The Labute approximate surface area is 525 Å². The Bertz CT molecular complexity index is 3000. The van der Waals surface area contributed by atoms with E-state index in [9.17, 15) is 24.0 Å². The second-order valence-electron chi connectivity index (χ2n) is 17.7. The van der Waals surface area contributed by atoms with E-state index in [1.54, 1.807) is 17.6 Å². The van der Waals surface area contributed by atoms with Gasteiger partial charge < -0.3 is 53.5 Å². The van der Waals surface area contributed by atoms with Gasteiger partial charge in [-0.2, -0.15) is 0 Å². The molecule has 9 rings (SSSR count). The minimum Gasteiger partial charge on any atom is -0.793 e. The molecule has 453 valence electrons. The normalized spacial score (nSPS) is 10.7. The number of H-pyrrole nitrogens is 3. The Morgan fingerprint density at radius 2 is 0.941 bits per heavy atom. The van der Waals surface area contributed by atoms with E-state index in [0.717, 1.165) is 83.6 Å². The van der Waals surface area contributed by atoms with Crippen LogP contribution >= 0.6 is 0 Å². The molecule has 0 unspecified atom stereocenters. The van der Waals surface area contributed by atoms with Gasteiger partial charge in [-0.05, 0) is 121 Å². The van der Waals surface area contributed by atoms with E-state index in [2.05, 4.69) is 132 Å². The Balaban J connectivity index is 0. The van der Waals surface area contributed by atoms with E-state index in [0.29, 0.717) is 6.54 Å². The van der Waals surface area contributed by atoms with Gasteiger partial charge in [-0.3, -0.25) is 14.8 Å². The summed E-state index contributed by atoms with van der Waals surface area (Å²) in [5, 5.41) is 19.3. The summed E-state index contributed by atoms with van der Waals surface area (Å²) in [5.74, 6) is -2.63. The average Bonchev–Trinajstić information content (AvgIpc) is 4.56. The molecule has 18 nitrogen and oxygen atoms in total. The van der Waals surface area contributed by atoms with Crippen LogP contribution in [0.3, 0.4) is 0 Å². The number of amides is 1. The van der Waals surface area contributed by atoms with E-state index in [-0.39, 0.29) is 65.2 Å². The van der Waals surface area contributed by atoms with Crippen LogP contribution in [0.15, 0.2) is 152 Å². The molecule has 5 aromatic carbocycles. The zero-order chi connectivity index (χ0) is 57.7. The summed E-state index contributed by atoms with van der Waals surface area (Å²) in [6.45, 7) is 9.67. The van der Waals surface area contributed by atoms with Gasteiger partial charge in [0.15, 0.2) is 0 Å². The third-order valence-corrected chi connectivity index (χ3v) is 11.6. The standard InChI is InChI=1S/C21H22N2O2.C20H21N3O2.C10H12N2.C4H6O4.C4H8O.C2H3BO2.4CH4.Na/c1-25-21(24)11-10-16-6-8-17(9-7-16)14-22-13-12-18-15-23-20-5-3-2-4-19(18)20;24-20(23-25)10-9-15-5-7-16(8-6-15)13-21-12-11-17-14-22-19-4-2-1-3-18(17)19;11-6-5-8-7-12-10-4-2-1-3-9(8)10;1-3(5)7-8-4(2)6;1-2-4-5-3-1;1-2(4)5-3;;;;;/h2-11,15,22-23H,12-14H2,1H3;1-10,14,21-22,25H,11-13H2,(H,23,24);1-4,7,12H,5-6,11H2;1-2H3;1-4H2;1H3;4*1H4;/q;;;;;-1;;;;;+1/b11-10+;10-9+;;;;;;;;;. The van der Waals surface area contributed by atoms with Gasteiger partial charge in [-0.1, -0.05) is 133 Å². The van der Waals surface area contributed by atoms with Crippen molar-refractivity contribution >= 4 is 82.7 Å². The molecule has 0 saturated carbocycles. The summed E-state index contributed by atoms with van der Waals surface area (Å²) >= 11 is 0. The number of aromatic nitrogens is 3. The number of para-hydroxylation sites is 3. The van der Waals surface area contributed by atoms with Crippen molar-refractivity contribution in [1.29, 1.82) is 0 Å². The number of hydrogen-bond donors (Lipinski definition) is 8. The van der Waals surface area contributed by atoms with E-state index in [1.165, 1.54) is 99.6 Å². The number of hydrogen-bond acceptors (Lipinski definition) is 14. The monoisotopic (exact) mass is 1180 g/mol. The van der Waals surface area contributed by atoms with Crippen LogP contribution in [0, 0.1) is 0 Å². The molecular weight excluding hydrogens is 1090 g/mol. The molecule has 0 aliphatic carbocycles. The van der Waals surface area contributed by atoms with E-state index >= 15 is 0 Å². The van der Waals surface area contributed by atoms with E-state index in [4.69, 9.17) is 15.7 Å². The van der Waals surface area contributed by atoms with Crippen LogP contribution < -0.4 is 51.4 Å². The van der Waals surface area contributed by atoms with Crippen LogP contribution in [0.5, 0.6) is 0 Å². The number of esters is 1. The van der Waals surface area contributed by atoms with Crippen LogP contribution in [-0.2, 0) is 80.2 Å². The number of hydroxylamine groups is 1. The molecule has 1 amide bonds. The number of fused-ring (bicyclic) bond motifs is 3. The number of aromatic amines is 3. The van der Waals surface area contributed by atoms with Gasteiger partial charge in [0, 0.05) is 111 Å². The van der Waals surface area contributed by atoms with Gasteiger partial charge >= 0.3 is 47.5 Å². The van der Waals surface area contributed by atoms with Crippen LogP contribution in [0.25, 0.3) is 44.9 Å². The SMILES string of the molecule is C.C.C.C.C1CCOC1.CC(=O)OOC(C)=O.COC(=O)/C=C/c1ccc(CNCCc2c[nH]c3ccccc23)cc1.NCCc1c[nH]c2ccccc12.O=C(/C=C/c1ccc(CNCCc2c[nH]c3ccccc23)cc1)NO.[B-]OC(C)=O.[Na+]. The van der Waals surface area contributed by atoms with Gasteiger partial charge in [0.2, 0.25) is 5.97 Å². The zero-order valence-electron chi connectivity index (χ0n) is 46.8. The number of carbonyl (C=O) groups is 5. The number of benzene rings is 5. The number of methoxy groups -OCH3 is 1. The third kappa shape index (κ3) is 31.8. The fourth-order valence-corrected chi connectivity index (χ4v) is 7.64. The summed E-state index contributed by atoms with van der Waals surface area (Å²) < 4.78 is 13.1. The van der Waals surface area contributed by atoms with E-state index < -0.39 is 23.8 Å². The quantitative estimate of drug-likeness (QED) is 0.00860. The molecule has 85 heavy (non-hydrogen) atoms. The van der Waals surface area contributed by atoms with Crippen molar-refractivity contribution in [2.75, 3.05) is 40.0 Å². The largest absolute Gasteiger partial charge is 1.00 e. The number of rotatable bonds is 16. The maximum atomic E-state index is 11.1. The predicted octanol–water partition coefficient (Wildman–Crippen LogP) is 8.38. The topological polar surface area (TPSA) is 261 Å². The van der Waals surface area contributed by atoms with Crippen molar-refractivity contribution in [3.8, 4) is 0 Å². The molecule has 3 radical (unpaired) electrons. The van der Waals surface area contributed by atoms with Crippen molar-refractivity contribution in [2.45, 2.75) is 95.7 Å². The predicted molar refractivity (Wildman–Crippen MR) is 339 cm³/mol. The van der Waals surface area contributed by atoms with Crippen molar-refractivity contribution < 1.29 is 82.6 Å². The van der Waals surface area contributed by atoms with Crippen molar-refractivity contribution in [1.82, 2.24) is 31.1 Å². The van der Waals surface area contributed by atoms with Crippen LogP contribution in [0.4, 0.5) is 0 Å². The molecule has 4 heterocycles. The second kappa shape index (κ2) is 46.8. The average molecular weight is 1180 g/mol. The smallest absolute Gasteiger partial charge is 0.793 e. The molecule has 1 aliphatic rings. The van der Waals surface area contributed by atoms with Crippen LogP contribution in [-0.4, -0.2) is 98.0 Å². The van der Waals surface area contributed by atoms with Crippen LogP contribution in [0.1, 0.15) is 102 Å². The van der Waals surface area contributed by atoms with Gasteiger partial charge in [0.05, 0.1) is 7.11 Å². The van der Waals surface area contributed by atoms with Crippen LogP contribution in [0.2, 0.25) is 0 Å². The minimum absolute atomic E-state index is 0. The molecule has 0 atom stereocenters. The molecular formula is C65H88BN7NaO11. The Kier molecular flexibility index (Phi) is 43.7. The minimum atomic E-state index is -0.639. The third-order valence-electron chi connectivity index (χ3n) is 11.6. The molecule has 0 spiro atoms. The molecule has 3 aromatic heterocycles. The number of carbonyl (C=O) groups excluding carboxylic acids is 5. The first-order chi connectivity index (χ1) is 38.8. The first-order valence-corrected chi connectivity index (χ1v) is 26.0. The summed E-state index contributed by atoms with van der Waals surface area (Å²) in [7, 11) is 5.69. The Morgan fingerprint density at radius 1 is 0.576 bits per heavy atom. The number of ether oxygens (including phenoxy) is 2. The molecule has 1 fully saturated rings. The van der Waals surface area contributed by atoms with Gasteiger partial charge in [0.1, 0.15) is 0 Å². The molecule has 20 heteroatoms. The maximum Gasteiger partial charge on any atom is 1.00 e. The Morgan fingerprint density at radius 3 is 1.26 bits per heavy atom.